The third-order valence-electron chi connectivity index (χ3n) is 2.76. The number of hydrogen-bond donors (Lipinski definition) is 1. The lowest BCUT2D eigenvalue weighted by Crippen LogP contribution is -2.38. The van der Waals surface area contributed by atoms with Gasteiger partial charge < -0.3 is 9.84 Å². The van der Waals surface area contributed by atoms with Gasteiger partial charge in [-0.1, -0.05) is 26.0 Å². The molecule has 94 valence electrons. The first-order valence-corrected chi connectivity index (χ1v) is 5.77. The molecule has 3 nitrogen and oxygen atoms in total. The van der Waals surface area contributed by atoms with E-state index >= 15 is 0 Å². The number of hydrogen-bond acceptors (Lipinski definition) is 2. The van der Waals surface area contributed by atoms with Gasteiger partial charge in [-0.2, -0.15) is 0 Å². The number of rotatable bonds is 4. The molecule has 1 rings (SSSR count). The van der Waals surface area contributed by atoms with Crippen LogP contribution < -0.4 is 4.74 Å². The van der Waals surface area contributed by atoms with E-state index < -0.39 is 11.6 Å². The molecule has 0 aliphatic heterocycles. The number of ether oxygens (including phenoxy) is 1. The summed E-state index contributed by atoms with van der Waals surface area (Å²) >= 11 is 0. The summed E-state index contributed by atoms with van der Waals surface area (Å²) in [7, 11) is 0. The van der Waals surface area contributed by atoms with Gasteiger partial charge in [0.15, 0.2) is 5.60 Å². The van der Waals surface area contributed by atoms with E-state index in [0.29, 0.717) is 11.7 Å². The van der Waals surface area contributed by atoms with Crippen molar-refractivity contribution in [2.24, 2.45) is 0 Å². The third kappa shape index (κ3) is 3.22. The summed E-state index contributed by atoms with van der Waals surface area (Å²) in [5, 5.41) is 9.05. The molecule has 0 heterocycles. The summed E-state index contributed by atoms with van der Waals surface area (Å²) in [6.07, 6.45) is 0. The highest BCUT2D eigenvalue weighted by atomic mass is 16.5. The van der Waals surface area contributed by atoms with Crippen LogP contribution in [-0.4, -0.2) is 16.7 Å². The van der Waals surface area contributed by atoms with E-state index in [9.17, 15) is 4.79 Å². The van der Waals surface area contributed by atoms with Crippen LogP contribution >= 0.6 is 0 Å². The lowest BCUT2D eigenvalue weighted by molar-refractivity contribution is -0.152. The standard InChI is InChI=1S/C14H20O3/c1-9(2)11-7-6-10(3)12(8-11)17-14(4,5)13(15)16/h6-9H,1-5H3,(H,15,16). The Labute approximate surface area is 102 Å². The van der Waals surface area contributed by atoms with E-state index in [1.54, 1.807) is 13.8 Å². The Kier molecular flexibility index (Phi) is 3.81. The summed E-state index contributed by atoms with van der Waals surface area (Å²) in [5.74, 6) is 0.0707. The first-order chi connectivity index (χ1) is 7.74. The van der Waals surface area contributed by atoms with E-state index in [2.05, 4.69) is 13.8 Å². The second-order valence-electron chi connectivity index (χ2n) is 5.10. The molecule has 0 fully saturated rings. The SMILES string of the molecule is Cc1ccc(C(C)C)cc1OC(C)(C)C(=O)O. The molecule has 0 spiro atoms. The van der Waals surface area contributed by atoms with Crippen LogP contribution in [0.15, 0.2) is 18.2 Å². The molecule has 0 unspecified atom stereocenters. The molecule has 1 N–H and O–H groups in total. The summed E-state index contributed by atoms with van der Waals surface area (Å²) in [4.78, 5) is 11.0. The maximum Gasteiger partial charge on any atom is 0.347 e. The van der Waals surface area contributed by atoms with Gasteiger partial charge in [0.05, 0.1) is 0 Å². The van der Waals surface area contributed by atoms with Gasteiger partial charge in [0.2, 0.25) is 0 Å². The molecule has 0 aliphatic carbocycles. The van der Waals surface area contributed by atoms with Gasteiger partial charge in [0.1, 0.15) is 5.75 Å². The molecular weight excluding hydrogens is 216 g/mol. The fourth-order valence-corrected chi connectivity index (χ4v) is 1.40. The number of carboxylic acid groups (broad SMARTS) is 1. The Morgan fingerprint density at radius 3 is 2.41 bits per heavy atom. The van der Waals surface area contributed by atoms with Crippen molar-refractivity contribution in [2.45, 2.75) is 46.1 Å². The zero-order chi connectivity index (χ0) is 13.2. The molecule has 0 saturated heterocycles. The van der Waals surface area contributed by atoms with Crippen LogP contribution in [0.5, 0.6) is 5.75 Å². The Bertz CT molecular complexity index is 419. The topological polar surface area (TPSA) is 46.5 Å². The minimum Gasteiger partial charge on any atom is -0.478 e. The molecule has 0 bridgehead atoms. The van der Waals surface area contributed by atoms with Crippen molar-refractivity contribution in [3.8, 4) is 5.75 Å². The van der Waals surface area contributed by atoms with Gasteiger partial charge in [0, 0.05) is 0 Å². The molecule has 0 aliphatic rings. The van der Waals surface area contributed by atoms with Gasteiger partial charge in [-0.3, -0.25) is 0 Å². The van der Waals surface area contributed by atoms with Crippen LogP contribution in [0.1, 0.15) is 44.7 Å². The maximum atomic E-state index is 11.0. The zero-order valence-corrected chi connectivity index (χ0v) is 11.1. The summed E-state index contributed by atoms with van der Waals surface area (Å²) in [6, 6.07) is 5.92. The van der Waals surface area contributed by atoms with Crippen molar-refractivity contribution < 1.29 is 14.6 Å². The fourth-order valence-electron chi connectivity index (χ4n) is 1.40. The smallest absolute Gasteiger partial charge is 0.347 e. The van der Waals surface area contributed by atoms with Crippen LogP contribution in [0.3, 0.4) is 0 Å². The average Bonchev–Trinajstić information content (AvgIpc) is 2.20. The van der Waals surface area contributed by atoms with Crippen molar-refractivity contribution in [3.05, 3.63) is 29.3 Å². The molecular formula is C14H20O3. The quantitative estimate of drug-likeness (QED) is 0.872. The van der Waals surface area contributed by atoms with Gasteiger partial charge >= 0.3 is 5.97 Å². The van der Waals surface area contributed by atoms with E-state index in [1.165, 1.54) is 0 Å². The highest BCUT2D eigenvalue weighted by Gasteiger charge is 2.29. The summed E-state index contributed by atoms with van der Waals surface area (Å²) < 4.78 is 5.59. The predicted octanol–water partition coefficient (Wildman–Crippen LogP) is 3.36. The molecule has 0 atom stereocenters. The number of carbonyl (C=O) groups is 1. The minimum absolute atomic E-state index is 0.394. The molecule has 0 radical (unpaired) electrons. The number of benzene rings is 1. The van der Waals surface area contributed by atoms with Crippen molar-refractivity contribution in [2.75, 3.05) is 0 Å². The van der Waals surface area contributed by atoms with Gasteiger partial charge in [-0.05, 0) is 43.9 Å². The van der Waals surface area contributed by atoms with Crippen LogP contribution in [0.2, 0.25) is 0 Å². The maximum absolute atomic E-state index is 11.0. The Balaban J connectivity index is 3.05. The number of aliphatic carboxylic acids is 1. The highest BCUT2D eigenvalue weighted by molar-refractivity contribution is 5.76. The zero-order valence-electron chi connectivity index (χ0n) is 11.1. The molecule has 1 aromatic rings. The average molecular weight is 236 g/mol. The number of aryl methyl sites for hydroxylation is 1. The third-order valence-corrected chi connectivity index (χ3v) is 2.76. The second kappa shape index (κ2) is 4.78. The van der Waals surface area contributed by atoms with Crippen LogP contribution in [0.25, 0.3) is 0 Å². The van der Waals surface area contributed by atoms with Crippen molar-refractivity contribution in [1.82, 2.24) is 0 Å². The Morgan fingerprint density at radius 2 is 1.94 bits per heavy atom. The highest BCUT2D eigenvalue weighted by Crippen LogP contribution is 2.27. The molecule has 3 heteroatoms. The fraction of sp³-hybridized carbons (Fsp3) is 0.500. The first kappa shape index (κ1) is 13.6. The van der Waals surface area contributed by atoms with E-state index in [0.717, 1.165) is 11.1 Å². The van der Waals surface area contributed by atoms with Crippen molar-refractivity contribution in [1.29, 1.82) is 0 Å². The van der Waals surface area contributed by atoms with E-state index in [1.807, 2.05) is 25.1 Å². The molecule has 0 amide bonds. The van der Waals surface area contributed by atoms with Gasteiger partial charge in [0.25, 0.3) is 0 Å². The van der Waals surface area contributed by atoms with Crippen LogP contribution in [0, 0.1) is 6.92 Å². The second-order valence-corrected chi connectivity index (χ2v) is 5.10. The van der Waals surface area contributed by atoms with Crippen LogP contribution in [0.4, 0.5) is 0 Å². The molecule has 0 saturated carbocycles. The van der Waals surface area contributed by atoms with Crippen molar-refractivity contribution in [3.63, 3.8) is 0 Å². The monoisotopic (exact) mass is 236 g/mol. The summed E-state index contributed by atoms with van der Waals surface area (Å²) in [6.45, 7) is 9.21. The van der Waals surface area contributed by atoms with Crippen LogP contribution in [-0.2, 0) is 4.79 Å². The molecule has 0 aromatic heterocycles. The molecule has 1 aromatic carbocycles. The van der Waals surface area contributed by atoms with Gasteiger partial charge in [-0.25, -0.2) is 4.79 Å². The first-order valence-electron chi connectivity index (χ1n) is 5.77. The Morgan fingerprint density at radius 1 is 1.35 bits per heavy atom. The number of carboxylic acids is 1. The van der Waals surface area contributed by atoms with E-state index in [-0.39, 0.29) is 0 Å². The minimum atomic E-state index is -1.21. The largest absolute Gasteiger partial charge is 0.478 e. The van der Waals surface area contributed by atoms with E-state index in [4.69, 9.17) is 9.84 Å². The van der Waals surface area contributed by atoms with Crippen molar-refractivity contribution >= 4 is 5.97 Å². The Hall–Kier alpha value is -1.51. The molecule has 17 heavy (non-hydrogen) atoms. The normalized spacial score (nSPS) is 11.6. The lowest BCUT2D eigenvalue weighted by Gasteiger charge is -2.23. The summed E-state index contributed by atoms with van der Waals surface area (Å²) in [5.41, 5.74) is 0.885. The van der Waals surface area contributed by atoms with Gasteiger partial charge in [-0.15, -0.1) is 0 Å². The lowest BCUT2D eigenvalue weighted by atomic mass is 10.0. The predicted molar refractivity (Wildman–Crippen MR) is 67.6 cm³/mol.